The molecule has 140 valence electrons. The second-order valence-corrected chi connectivity index (χ2v) is 6.92. The number of carbonyl (C=O) groups excluding carboxylic acids is 1. The highest BCUT2D eigenvalue weighted by molar-refractivity contribution is 5.84. The maximum Gasteiger partial charge on any atom is 0.269 e. The average Bonchev–Trinajstić information content (AvgIpc) is 2.66. The van der Waals surface area contributed by atoms with E-state index in [1.807, 2.05) is 13.8 Å². The minimum Gasteiger partial charge on any atom is -0.333 e. The van der Waals surface area contributed by atoms with Crippen molar-refractivity contribution < 1.29 is 20.0 Å². The molecule has 2 N–H and O–H groups in total. The third-order valence-electron chi connectivity index (χ3n) is 5.37. The van der Waals surface area contributed by atoms with Crippen LogP contribution in [-0.4, -0.2) is 15.6 Å². The van der Waals surface area contributed by atoms with E-state index in [2.05, 4.69) is 5.32 Å². The summed E-state index contributed by atoms with van der Waals surface area (Å²) < 4.78 is 0. The summed E-state index contributed by atoms with van der Waals surface area (Å²) in [5.41, 5.74) is 1.71. The summed E-state index contributed by atoms with van der Waals surface area (Å²) in [6.45, 7) is 3.74. The summed E-state index contributed by atoms with van der Waals surface area (Å²) >= 11 is 0. The molecule has 4 atom stereocenters. The summed E-state index contributed by atoms with van der Waals surface area (Å²) in [7, 11) is 0. The van der Waals surface area contributed by atoms with Crippen molar-refractivity contribution in [1.29, 1.82) is 0 Å². The van der Waals surface area contributed by atoms with Gasteiger partial charge in [-0.15, -0.1) is 0 Å². The Morgan fingerprint density at radius 3 is 1.37 bits per heavy atom. The number of quaternary nitrogens is 1. The highest BCUT2D eigenvalue weighted by atomic mass is 16.6. The van der Waals surface area contributed by atoms with Gasteiger partial charge in [-0.1, -0.05) is 0 Å². The first-order chi connectivity index (χ1) is 12.8. The normalized spacial score (nSPS) is 25.2. The molecule has 0 bridgehead atoms. The Kier molecular flexibility index (Phi) is 5.00. The van der Waals surface area contributed by atoms with Crippen molar-refractivity contribution in [1.82, 2.24) is 0 Å². The number of hydrogen-bond acceptors (Lipinski definition) is 5. The van der Waals surface area contributed by atoms with Crippen molar-refractivity contribution in [2.45, 2.75) is 25.9 Å². The highest BCUT2D eigenvalue weighted by Gasteiger charge is 2.43. The summed E-state index contributed by atoms with van der Waals surface area (Å²) in [6.07, 6.45) is 0. The fraction of sp³-hybridized carbons (Fsp3) is 0.316. The predicted molar refractivity (Wildman–Crippen MR) is 96.9 cm³/mol. The first-order valence-corrected chi connectivity index (χ1v) is 8.67. The van der Waals surface area contributed by atoms with Gasteiger partial charge in [0, 0.05) is 35.4 Å². The van der Waals surface area contributed by atoms with Crippen molar-refractivity contribution >= 4 is 17.2 Å². The van der Waals surface area contributed by atoms with Crippen LogP contribution in [0, 0.1) is 32.1 Å². The number of ketones is 1. The lowest BCUT2D eigenvalue weighted by Crippen LogP contribution is -2.91. The molecule has 2 aromatic carbocycles. The zero-order chi connectivity index (χ0) is 19.7. The van der Waals surface area contributed by atoms with Crippen molar-refractivity contribution in [3.63, 3.8) is 0 Å². The van der Waals surface area contributed by atoms with Crippen LogP contribution in [-0.2, 0) is 4.79 Å². The maximum absolute atomic E-state index is 12.8. The first-order valence-electron chi connectivity index (χ1n) is 8.67. The average molecular weight is 370 g/mol. The van der Waals surface area contributed by atoms with Crippen molar-refractivity contribution in [3.05, 3.63) is 79.9 Å². The Hall–Kier alpha value is -3.13. The zero-order valence-corrected chi connectivity index (χ0v) is 14.9. The van der Waals surface area contributed by atoms with Gasteiger partial charge in [-0.2, -0.15) is 0 Å². The van der Waals surface area contributed by atoms with Gasteiger partial charge in [0.1, 0.15) is 12.1 Å². The van der Waals surface area contributed by atoms with Gasteiger partial charge < -0.3 is 5.32 Å². The molecule has 1 aliphatic rings. The van der Waals surface area contributed by atoms with Crippen molar-refractivity contribution in [2.24, 2.45) is 11.8 Å². The molecule has 8 heteroatoms. The van der Waals surface area contributed by atoms with Crippen LogP contribution in [0.15, 0.2) is 48.5 Å². The monoisotopic (exact) mass is 370 g/mol. The fourth-order valence-electron chi connectivity index (χ4n) is 3.76. The van der Waals surface area contributed by atoms with E-state index in [0.717, 1.165) is 11.1 Å². The molecule has 27 heavy (non-hydrogen) atoms. The van der Waals surface area contributed by atoms with Crippen LogP contribution in [0.1, 0.15) is 37.1 Å². The van der Waals surface area contributed by atoms with Gasteiger partial charge in [0.2, 0.25) is 0 Å². The summed E-state index contributed by atoms with van der Waals surface area (Å²) in [6, 6.07) is 12.2. The molecule has 1 aliphatic heterocycles. The Morgan fingerprint density at radius 1 is 0.741 bits per heavy atom. The SMILES string of the molecule is C[C@@H]1C(=O)[C@@H](C)[C@H](c2ccc([N+](=O)[O-])cc2)[NH2+][C@@H]1c1ccc([N+](=O)[O-])cc1. The number of nitro groups is 2. The standard InChI is InChI=1S/C19H19N3O5/c1-11-17(13-3-7-15(8-4-13)21(24)25)20-18(12(2)19(11)23)14-5-9-16(10-6-14)22(26)27/h3-12,17-18,20H,1-2H3/p+1/t11-,12-,17-,18+/m0/s1. The van der Waals surface area contributed by atoms with E-state index in [1.165, 1.54) is 24.3 Å². The number of rotatable bonds is 4. The van der Waals surface area contributed by atoms with Crippen LogP contribution < -0.4 is 5.32 Å². The van der Waals surface area contributed by atoms with E-state index in [-0.39, 0.29) is 41.1 Å². The fourth-order valence-corrected chi connectivity index (χ4v) is 3.76. The third kappa shape index (κ3) is 3.56. The Bertz CT molecular complexity index is 808. The molecule has 2 aromatic rings. The lowest BCUT2D eigenvalue weighted by Gasteiger charge is -2.36. The van der Waals surface area contributed by atoms with E-state index in [1.54, 1.807) is 24.3 Å². The van der Waals surface area contributed by atoms with Gasteiger partial charge in [0.25, 0.3) is 11.4 Å². The molecule has 0 radical (unpaired) electrons. The van der Waals surface area contributed by atoms with Gasteiger partial charge in [-0.3, -0.25) is 25.0 Å². The molecule has 1 saturated heterocycles. The second-order valence-electron chi connectivity index (χ2n) is 6.92. The van der Waals surface area contributed by atoms with Gasteiger partial charge in [-0.25, -0.2) is 0 Å². The number of Topliss-reactive ketones (excluding diaryl/α,β-unsaturated/α-hetero) is 1. The second kappa shape index (κ2) is 7.24. The van der Waals surface area contributed by atoms with Gasteiger partial charge in [-0.05, 0) is 38.1 Å². The van der Waals surface area contributed by atoms with Crippen LogP contribution in [0.3, 0.4) is 0 Å². The Balaban J connectivity index is 1.91. The maximum atomic E-state index is 12.8. The molecule has 1 fully saturated rings. The molecule has 8 nitrogen and oxygen atoms in total. The molecular formula is C19H20N3O5+. The van der Waals surface area contributed by atoms with Gasteiger partial charge >= 0.3 is 0 Å². The van der Waals surface area contributed by atoms with Crippen LogP contribution in [0.5, 0.6) is 0 Å². The van der Waals surface area contributed by atoms with Gasteiger partial charge in [0.05, 0.1) is 21.7 Å². The summed E-state index contributed by atoms with van der Waals surface area (Å²) in [5.74, 6) is -0.365. The van der Waals surface area contributed by atoms with E-state index >= 15 is 0 Å². The molecule has 0 amide bonds. The Morgan fingerprint density at radius 2 is 1.07 bits per heavy atom. The number of hydrogen-bond donors (Lipinski definition) is 1. The van der Waals surface area contributed by atoms with Crippen molar-refractivity contribution in [3.8, 4) is 0 Å². The number of carbonyl (C=O) groups is 1. The molecule has 0 aromatic heterocycles. The first kappa shape index (κ1) is 18.7. The number of piperidine rings is 1. The molecular weight excluding hydrogens is 350 g/mol. The molecule has 3 rings (SSSR count). The van der Waals surface area contributed by atoms with Crippen molar-refractivity contribution in [2.75, 3.05) is 0 Å². The predicted octanol–water partition coefficient (Wildman–Crippen LogP) is 2.70. The minimum atomic E-state index is -0.454. The van der Waals surface area contributed by atoms with Crippen LogP contribution in [0.2, 0.25) is 0 Å². The third-order valence-corrected chi connectivity index (χ3v) is 5.37. The van der Waals surface area contributed by atoms with Crippen LogP contribution in [0.4, 0.5) is 11.4 Å². The summed E-state index contributed by atoms with van der Waals surface area (Å²) in [4.78, 5) is 33.6. The lowest BCUT2D eigenvalue weighted by molar-refractivity contribution is -0.748. The molecule has 0 saturated carbocycles. The van der Waals surface area contributed by atoms with E-state index in [0.29, 0.717) is 0 Å². The number of nitro benzene ring substituents is 2. The summed E-state index contributed by atoms with van der Waals surface area (Å²) in [5, 5.41) is 23.8. The van der Waals surface area contributed by atoms with E-state index < -0.39 is 9.85 Å². The Labute approximate surface area is 155 Å². The molecule has 0 unspecified atom stereocenters. The number of benzene rings is 2. The topological polar surface area (TPSA) is 120 Å². The van der Waals surface area contributed by atoms with Crippen LogP contribution in [0.25, 0.3) is 0 Å². The number of nitrogens with two attached hydrogens (primary N) is 1. The number of nitrogens with zero attached hydrogens (tertiary/aromatic N) is 2. The quantitative estimate of drug-likeness (QED) is 0.655. The van der Waals surface area contributed by atoms with Crippen LogP contribution >= 0.6 is 0 Å². The highest BCUT2D eigenvalue weighted by Crippen LogP contribution is 2.33. The zero-order valence-electron chi connectivity index (χ0n) is 14.9. The largest absolute Gasteiger partial charge is 0.333 e. The lowest BCUT2D eigenvalue weighted by atomic mass is 9.76. The van der Waals surface area contributed by atoms with Gasteiger partial charge in [0.15, 0.2) is 5.78 Å². The van der Waals surface area contributed by atoms with E-state index in [9.17, 15) is 25.0 Å². The van der Waals surface area contributed by atoms with E-state index in [4.69, 9.17) is 0 Å². The smallest absolute Gasteiger partial charge is 0.269 e. The number of non-ortho nitro benzene ring substituents is 2. The minimum absolute atomic E-state index is 0.00817. The molecule has 0 aliphatic carbocycles. The molecule has 0 spiro atoms. The molecule has 1 heterocycles.